The van der Waals surface area contributed by atoms with Crippen molar-refractivity contribution in [1.29, 1.82) is 0 Å². The number of thiophene rings is 1. The summed E-state index contributed by atoms with van der Waals surface area (Å²) in [6.07, 6.45) is 3.86. The molecule has 1 fully saturated rings. The summed E-state index contributed by atoms with van der Waals surface area (Å²) in [6.45, 7) is 0. The van der Waals surface area contributed by atoms with E-state index in [4.69, 9.17) is 0 Å². The maximum Gasteiger partial charge on any atom is 0.251 e. The van der Waals surface area contributed by atoms with Gasteiger partial charge in [-0.25, -0.2) is 13.1 Å². The van der Waals surface area contributed by atoms with E-state index in [-0.39, 0.29) is 6.04 Å². The number of rotatable bonds is 3. The summed E-state index contributed by atoms with van der Waals surface area (Å²) in [5, 5.41) is 1.77. The van der Waals surface area contributed by atoms with Crippen molar-refractivity contribution in [3.8, 4) is 0 Å². The van der Waals surface area contributed by atoms with Gasteiger partial charge in [0.05, 0.1) is 0 Å². The van der Waals surface area contributed by atoms with Crippen LogP contribution in [-0.2, 0) is 10.0 Å². The van der Waals surface area contributed by atoms with Crippen molar-refractivity contribution < 1.29 is 8.42 Å². The lowest BCUT2D eigenvalue weighted by Gasteiger charge is -2.25. The summed E-state index contributed by atoms with van der Waals surface area (Å²) in [5.41, 5.74) is 0. The van der Waals surface area contributed by atoms with E-state index in [2.05, 4.69) is 36.6 Å². The molecule has 1 aliphatic carbocycles. The lowest BCUT2D eigenvalue weighted by molar-refractivity contribution is 0.423. The average Bonchev–Trinajstić information content (AvgIpc) is 2.68. The molecule has 1 heterocycles. The summed E-state index contributed by atoms with van der Waals surface area (Å²) < 4.78 is 28.1. The SMILES string of the molecule is O=S(=O)(NC1CCC(Br)CC1)c1sccc1Br. The van der Waals surface area contributed by atoms with Crippen LogP contribution >= 0.6 is 43.2 Å². The molecule has 0 unspecified atom stereocenters. The molecule has 1 aromatic rings. The Morgan fingerprint density at radius 1 is 1.29 bits per heavy atom. The topological polar surface area (TPSA) is 46.2 Å². The highest BCUT2D eigenvalue weighted by Gasteiger charge is 2.26. The second-order valence-electron chi connectivity index (χ2n) is 4.13. The van der Waals surface area contributed by atoms with E-state index < -0.39 is 10.0 Å². The summed E-state index contributed by atoms with van der Waals surface area (Å²) >= 11 is 8.06. The van der Waals surface area contributed by atoms with Gasteiger partial charge in [0.15, 0.2) is 0 Å². The molecule has 0 radical (unpaired) electrons. The van der Waals surface area contributed by atoms with Crippen LogP contribution in [0.15, 0.2) is 20.1 Å². The number of hydrogen-bond acceptors (Lipinski definition) is 3. The molecule has 0 atom stereocenters. The molecule has 0 aliphatic heterocycles. The minimum Gasteiger partial charge on any atom is -0.207 e. The van der Waals surface area contributed by atoms with Crippen LogP contribution in [0.4, 0.5) is 0 Å². The highest BCUT2D eigenvalue weighted by Crippen LogP contribution is 2.30. The third-order valence-corrected chi connectivity index (χ3v) is 7.91. The first kappa shape index (κ1) is 14.0. The zero-order valence-electron chi connectivity index (χ0n) is 9.03. The van der Waals surface area contributed by atoms with Crippen LogP contribution in [-0.4, -0.2) is 19.3 Å². The van der Waals surface area contributed by atoms with Gasteiger partial charge in [-0.15, -0.1) is 11.3 Å². The first-order valence-electron chi connectivity index (χ1n) is 5.38. The molecule has 17 heavy (non-hydrogen) atoms. The maximum atomic E-state index is 12.1. The highest BCUT2D eigenvalue weighted by atomic mass is 79.9. The molecular formula is C10H13Br2NO2S2. The smallest absolute Gasteiger partial charge is 0.207 e. The van der Waals surface area contributed by atoms with Crippen LogP contribution in [0, 0.1) is 0 Å². The molecule has 0 bridgehead atoms. The van der Waals surface area contributed by atoms with Gasteiger partial charge in [0, 0.05) is 15.3 Å². The molecule has 0 aromatic carbocycles. The Morgan fingerprint density at radius 2 is 1.94 bits per heavy atom. The van der Waals surface area contributed by atoms with E-state index in [1.807, 2.05) is 0 Å². The van der Waals surface area contributed by atoms with Crippen molar-refractivity contribution in [1.82, 2.24) is 4.72 Å². The second kappa shape index (κ2) is 5.69. The number of halogens is 2. The van der Waals surface area contributed by atoms with E-state index in [0.717, 1.165) is 25.7 Å². The van der Waals surface area contributed by atoms with Gasteiger partial charge in [-0.3, -0.25) is 0 Å². The van der Waals surface area contributed by atoms with Gasteiger partial charge in [-0.1, -0.05) is 15.9 Å². The fraction of sp³-hybridized carbons (Fsp3) is 0.600. The Bertz CT molecular complexity index is 478. The van der Waals surface area contributed by atoms with E-state index >= 15 is 0 Å². The van der Waals surface area contributed by atoms with Crippen molar-refractivity contribution in [2.45, 2.75) is 40.8 Å². The van der Waals surface area contributed by atoms with Crippen molar-refractivity contribution in [3.05, 3.63) is 15.9 Å². The molecule has 96 valence electrons. The Kier molecular flexibility index (Phi) is 4.68. The zero-order chi connectivity index (χ0) is 12.5. The first-order chi connectivity index (χ1) is 7.99. The standard InChI is InChI=1S/C10H13Br2NO2S2/c11-7-1-3-8(4-2-7)13-17(14,15)10-9(12)5-6-16-10/h5-8,13H,1-4H2. The first-order valence-corrected chi connectivity index (χ1v) is 9.45. The van der Waals surface area contributed by atoms with Crippen LogP contribution in [0.25, 0.3) is 0 Å². The third-order valence-electron chi connectivity index (χ3n) is 2.81. The number of nitrogens with one attached hydrogen (secondary N) is 1. The van der Waals surface area contributed by atoms with Crippen LogP contribution in [0.5, 0.6) is 0 Å². The molecule has 3 nitrogen and oxygen atoms in total. The minimum absolute atomic E-state index is 0.0720. The normalized spacial score (nSPS) is 26.0. The average molecular weight is 403 g/mol. The summed E-state index contributed by atoms with van der Waals surface area (Å²) in [7, 11) is -3.36. The Labute approximate surface area is 122 Å². The third kappa shape index (κ3) is 3.53. The fourth-order valence-electron chi connectivity index (χ4n) is 1.92. The van der Waals surface area contributed by atoms with Gasteiger partial charge in [-0.2, -0.15) is 0 Å². The Hall–Kier alpha value is 0.570. The lowest BCUT2D eigenvalue weighted by Crippen LogP contribution is -2.37. The van der Waals surface area contributed by atoms with Gasteiger partial charge >= 0.3 is 0 Å². The van der Waals surface area contributed by atoms with Crippen molar-refractivity contribution >= 4 is 53.2 Å². The predicted molar refractivity (Wildman–Crippen MR) is 77.3 cm³/mol. The van der Waals surface area contributed by atoms with E-state index in [1.54, 1.807) is 11.4 Å². The molecule has 0 spiro atoms. The summed E-state index contributed by atoms with van der Waals surface area (Å²) in [4.78, 5) is 0.539. The van der Waals surface area contributed by atoms with Crippen molar-refractivity contribution in [2.75, 3.05) is 0 Å². The molecule has 1 aliphatic rings. The van der Waals surface area contributed by atoms with Crippen LogP contribution in [0.2, 0.25) is 0 Å². The van der Waals surface area contributed by atoms with Crippen molar-refractivity contribution in [2.24, 2.45) is 0 Å². The van der Waals surface area contributed by atoms with E-state index in [0.29, 0.717) is 13.5 Å². The van der Waals surface area contributed by atoms with Crippen molar-refractivity contribution in [3.63, 3.8) is 0 Å². The minimum atomic E-state index is -3.36. The van der Waals surface area contributed by atoms with Gasteiger partial charge in [0.2, 0.25) is 0 Å². The Morgan fingerprint density at radius 3 is 2.47 bits per heavy atom. The lowest BCUT2D eigenvalue weighted by atomic mass is 9.96. The number of sulfonamides is 1. The van der Waals surface area contributed by atoms with Gasteiger partial charge in [-0.05, 0) is 53.1 Å². The number of hydrogen-bond donors (Lipinski definition) is 1. The van der Waals surface area contributed by atoms with E-state index in [1.165, 1.54) is 11.3 Å². The molecular weight excluding hydrogens is 390 g/mol. The number of alkyl halides is 1. The fourth-order valence-corrected chi connectivity index (χ4v) is 6.10. The largest absolute Gasteiger partial charge is 0.251 e. The molecule has 1 aromatic heterocycles. The summed E-state index contributed by atoms with van der Waals surface area (Å²) in [5.74, 6) is 0. The molecule has 1 N–H and O–H groups in total. The monoisotopic (exact) mass is 401 g/mol. The van der Waals surface area contributed by atoms with Crippen LogP contribution < -0.4 is 4.72 Å². The van der Waals surface area contributed by atoms with Gasteiger partial charge in [0.1, 0.15) is 4.21 Å². The van der Waals surface area contributed by atoms with Gasteiger partial charge < -0.3 is 0 Å². The van der Waals surface area contributed by atoms with Gasteiger partial charge in [0.25, 0.3) is 10.0 Å². The quantitative estimate of drug-likeness (QED) is 0.786. The van der Waals surface area contributed by atoms with Crippen LogP contribution in [0.3, 0.4) is 0 Å². The second-order valence-corrected chi connectivity index (χ2v) is 9.10. The van der Waals surface area contributed by atoms with E-state index in [9.17, 15) is 8.42 Å². The van der Waals surface area contributed by atoms with Crippen LogP contribution in [0.1, 0.15) is 25.7 Å². The Balaban J connectivity index is 2.06. The molecule has 2 rings (SSSR count). The maximum absolute atomic E-state index is 12.1. The predicted octanol–water partition coefficient (Wildman–Crippen LogP) is 3.50. The summed E-state index contributed by atoms with van der Waals surface area (Å²) in [6, 6.07) is 1.83. The zero-order valence-corrected chi connectivity index (χ0v) is 13.8. The molecule has 0 amide bonds. The molecule has 1 saturated carbocycles. The molecule has 7 heteroatoms. The highest BCUT2D eigenvalue weighted by molar-refractivity contribution is 9.10. The molecule has 0 saturated heterocycles.